The van der Waals surface area contributed by atoms with Crippen molar-refractivity contribution in [2.24, 2.45) is 17.6 Å². The Kier molecular flexibility index (Phi) is 3.92. The Bertz CT molecular complexity index is 229. The van der Waals surface area contributed by atoms with Crippen molar-refractivity contribution in [3.8, 4) is 0 Å². The molecule has 86 valence electrons. The summed E-state index contributed by atoms with van der Waals surface area (Å²) in [5, 5.41) is 0. The number of nitrogens with zero attached hydrogens (tertiary/aromatic N) is 1. The zero-order valence-electron chi connectivity index (χ0n) is 9.15. The maximum atomic E-state index is 11.0. The van der Waals surface area contributed by atoms with Gasteiger partial charge in [0.15, 0.2) is 0 Å². The van der Waals surface area contributed by atoms with Gasteiger partial charge in [-0.1, -0.05) is 0 Å². The van der Waals surface area contributed by atoms with Crippen LogP contribution in [0.4, 0.5) is 0 Å². The average Bonchev–Trinajstić information content (AvgIpc) is 2.68. The molecule has 0 spiro atoms. The number of carbonyl (C=O) groups excluding carboxylic acids is 1. The largest absolute Gasteiger partial charge is 0.369 e. The zero-order chi connectivity index (χ0) is 10.7. The molecule has 2 heterocycles. The van der Waals surface area contributed by atoms with E-state index in [9.17, 15) is 4.79 Å². The van der Waals surface area contributed by atoms with E-state index in [4.69, 9.17) is 5.73 Å². The fraction of sp³-hybridized carbons (Fsp3) is 0.909. The first-order chi connectivity index (χ1) is 7.25. The van der Waals surface area contributed by atoms with Gasteiger partial charge in [0.25, 0.3) is 0 Å². The van der Waals surface area contributed by atoms with Gasteiger partial charge < -0.3 is 10.6 Å². The molecule has 0 bridgehead atoms. The molecule has 1 atom stereocenters. The molecule has 0 radical (unpaired) electrons. The fourth-order valence-electron chi connectivity index (χ4n) is 2.52. The Morgan fingerprint density at radius 1 is 1.33 bits per heavy atom. The summed E-state index contributed by atoms with van der Waals surface area (Å²) in [5.41, 5.74) is 5.32. The van der Waals surface area contributed by atoms with Crippen molar-refractivity contribution in [1.29, 1.82) is 0 Å². The number of primary amides is 1. The van der Waals surface area contributed by atoms with Gasteiger partial charge in [0.05, 0.1) is 5.92 Å². The van der Waals surface area contributed by atoms with Crippen molar-refractivity contribution in [3.05, 3.63) is 0 Å². The van der Waals surface area contributed by atoms with Gasteiger partial charge in [0, 0.05) is 13.1 Å². The summed E-state index contributed by atoms with van der Waals surface area (Å²) >= 11 is 2.07. The van der Waals surface area contributed by atoms with Crippen LogP contribution < -0.4 is 5.73 Å². The van der Waals surface area contributed by atoms with E-state index in [1.54, 1.807) is 0 Å². The van der Waals surface area contributed by atoms with Crippen LogP contribution in [0.15, 0.2) is 0 Å². The van der Waals surface area contributed by atoms with Crippen LogP contribution in [0.1, 0.15) is 19.3 Å². The highest BCUT2D eigenvalue weighted by Crippen LogP contribution is 2.25. The summed E-state index contributed by atoms with van der Waals surface area (Å²) in [6.07, 6.45) is 3.67. The molecule has 0 aromatic carbocycles. The Morgan fingerprint density at radius 3 is 2.67 bits per heavy atom. The topological polar surface area (TPSA) is 46.3 Å². The van der Waals surface area contributed by atoms with E-state index in [-0.39, 0.29) is 11.8 Å². The monoisotopic (exact) mass is 228 g/mol. The van der Waals surface area contributed by atoms with Gasteiger partial charge >= 0.3 is 0 Å². The lowest BCUT2D eigenvalue weighted by Crippen LogP contribution is -2.31. The number of amides is 1. The predicted molar refractivity (Wildman–Crippen MR) is 63.8 cm³/mol. The van der Waals surface area contributed by atoms with Crippen LogP contribution in [0.5, 0.6) is 0 Å². The lowest BCUT2D eigenvalue weighted by molar-refractivity contribution is -0.121. The van der Waals surface area contributed by atoms with Gasteiger partial charge in [-0.15, -0.1) is 0 Å². The van der Waals surface area contributed by atoms with E-state index in [0.29, 0.717) is 0 Å². The number of nitrogens with two attached hydrogens (primary N) is 1. The number of carbonyl (C=O) groups is 1. The van der Waals surface area contributed by atoms with Crippen molar-refractivity contribution in [3.63, 3.8) is 0 Å². The molecule has 4 heteroatoms. The number of likely N-dealkylation sites (tertiary alicyclic amines) is 1. The molecule has 2 rings (SSSR count). The minimum absolute atomic E-state index is 0.114. The summed E-state index contributed by atoms with van der Waals surface area (Å²) in [7, 11) is 0. The van der Waals surface area contributed by atoms with E-state index in [1.807, 2.05) is 0 Å². The Labute approximate surface area is 95.8 Å². The quantitative estimate of drug-likeness (QED) is 0.782. The predicted octanol–water partition coefficient (Wildman–Crippen LogP) is 0.937. The summed E-state index contributed by atoms with van der Waals surface area (Å²) in [4.78, 5) is 13.5. The van der Waals surface area contributed by atoms with Crippen LogP contribution in [0.25, 0.3) is 0 Å². The minimum atomic E-state index is -0.114. The van der Waals surface area contributed by atoms with Gasteiger partial charge in [-0.3, -0.25) is 4.79 Å². The minimum Gasteiger partial charge on any atom is -0.369 e. The third-order valence-electron chi connectivity index (χ3n) is 3.53. The maximum Gasteiger partial charge on any atom is 0.221 e. The summed E-state index contributed by atoms with van der Waals surface area (Å²) in [6, 6.07) is 0. The van der Waals surface area contributed by atoms with Gasteiger partial charge in [0.1, 0.15) is 0 Å². The van der Waals surface area contributed by atoms with Crippen LogP contribution in [0.2, 0.25) is 0 Å². The molecule has 2 saturated heterocycles. The Hall–Kier alpha value is -0.220. The van der Waals surface area contributed by atoms with Crippen LogP contribution in [-0.4, -0.2) is 41.9 Å². The van der Waals surface area contributed by atoms with Crippen LogP contribution in [-0.2, 0) is 4.79 Å². The summed E-state index contributed by atoms with van der Waals surface area (Å²) < 4.78 is 0. The molecule has 0 aliphatic carbocycles. The first-order valence-electron chi connectivity index (χ1n) is 5.85. The van der Waals surface area contributed by atoms with E-state index in [0.717, 1.165) is 25.4 Å². The summed E-state index contributed by atoms with van der Waals surface area (Å²) in [5.74, 6) is 3.49. The van der Waals surface area contributed by atoms with E-state index >= 15 is 0 Å². The highest BCUT2D eigenvalue weighted by atomic mass is 32.2. The number of rotatable bonds is 3. The summed E-state index contributed by atoms with van der Waals surface area (Å²) in [6.45, 7) is 3.15. The molecule has 3 nitrogen and oxygen atoms in total. The second-order valence-corrected chi connectivity index (χ2v) is 5.93. The third kappa shape index (κ3) is 3.11. The zero-order valence-corrected chi connectivity index (χ0v) is 9.97. The second-order valence-electron chi connectivity index (χ2n) is 4.70. The molecule has 1 unspecified atom stereocenters. The smallest absolute Gasteiger partial charge is 0.221 e. The van der Waals surface area contributed by atoms with Crippen molar-refractivity contribution in [2.75, 3.05) is 31.1 Å². The standard InChI is InChI=1S/C11H20N2OS/c12-11(14)10-1-4-13(8-10)7-9-2-5-15-6-3-9/h9-10H,1-8H2,(H2,12,14). The molecule has 1 amide bonds. The molecule has 2 aliphatic rings. The van der Waals surface area contributed by atoms with Gasteiger partial charge in [0.2, 0.25) is 5.91 Å². The first-order valence-corrected chi connectivity index (χ1v) is 7.00. The van der Waals surface area contributed by atoms with Crippen molar-refractivity contribution in [1.82, 2.24) is 4.90 Å². The van der Waals surface area contributed by atoms with Crippen LogP contribution >= 0.6 is 11.8 Å². The number of thioether (sulfide) groups is 1. The average molecular weight is 228 g/mol. The van der Waals surface area contributed by atoms with Crippen LogP contribution in [0.3, 0.4) is 0 Å². The molecule has 2 N–H and O–H groups in total. The maximum absolute atomic E-state index is 11.0. The normalized spacial score (nSPS) is 29.5. The Morgan fingerprint density at radius 2 is 2.07 bits per heavy atom. The molecule has 2 aliphatic heterocycles. The lowest BCUT2D eigenvalue weighted by atomic mass is 10.0. The molecular weight excluding hydrogens is 208 g/mol. The van der Waals surface area contributed by atoms with E-state index in [2.05, 4.69) is 16.7 Å². The molecule has 0 saturated carbocycles. The molecule has 0 aromatic rings. The molecule has 0 aromatic heterocycles. The van der Waals surface area contributed by atoms with Crippen molar-refractivity contribution < 1.29 is 4.79 Å². The molecule has 2 fully saturated rings. The highest BCUT2D eigenvalue weighted by molar-refractivity contribution is 7.99. The molecule has 15 heavy (non-hydrogen) atoms. The van der Waals surface area contributed by atoms with Gasteiger partial charge in [-0.25, -0.2) is 0 Å². The lowest BCUT2D eigenvalue weighted by Gasteiger charge is -2.26. The van der Waals surface area contributed by atoms with E-state index < -0.39 is 0 Å². The van der Waals surface area contributed by atoms with Crippen molar-refractivity contribution in [2.45, 2.75) is 19.3 Å². The van der Waals surface area contributed by atoms with Crippen LogP contribution in [0, 0.1) is 11.8 Å². The van der Waals surface area contributed by atoms with E-state index in [1.165, 1.54) is 30.9 Å². The third-order valence-corrected chi connectivity index (χ3v) is 4.58. The Balaban J connectivity index is 1.74. The number of hydrogen-bond acceptors (Lipinski definition) is 3. The number of hydrogen-bond donors (Lipinski definition) is 1. The highest BCUT2D eigenvalue weighted by Gasteiger charge is 2.28. The first kappa shape index (κ1) is 11.3. The molecular formula is C11H20N2OS. The van der Waals surface area contributed by atoms with Crippen molar-refractivity contribution >= 4 is 17.7 Å². The van der Waals surface area contributed by atoms with Gasteiger partial charge in [-0.05, 0) is 43.2 Å². The second kappa shape index (κ2) is 5.21. The van der Waals surface area contributed by atoms with Gasteiger partial charge in [-0.2, -0.15) is 11.8 Å². The SMILES string of the molecule is NC(=O)C1CCN(CC2CCSCC2)C1. The fourth-order valence-corrected chi connectivity index (χ4v) is 3.73.